The van der Waals surface area contributed by atoms with Crippen LogP contribution in [0, 0.1) is 12.8 Å². The number of ketones is 1. The Hall–Kier alpha value is -3.39. The summed E-state index contributed by atoms with van der Waals surface area (Å²) in [5.41, 5.74) is 6.65. The molecule has 0 N–H and O–H groups in total. The first kappa shape index (κ1) is 32.6. The summed E-state index contributed by atoms with van der Waals surface area (Å²) >= 11 is 0. The maximum Gasteiger partial charge on any atom is 0.164 e. The monoisotopic (exact) mass is 512 g/mol. The number of benzene rings is 4. The third kappa shape index (κ3) is 9.49. The molecule has 2 nitrogen and oxygen atoms in total. The predicted octanol–water partition coefficient (Wildman–Crippen LogP) is 10.1. The lowest BCUT2D eigenvalue weighted by atomic mass is 10.0. The zero-order valence-electron chi connectivity index (χ0n) is 25.1. The lowest BCUT2D eigenvalue weighted by molar-refractivity contribution is 0.101. The number of carbonyl (C=O) groups excluding carboxylic acids is 1. The van der Waals surface area contributed by atoms with Crippen LogP contribution < -0.4 is 4.74 Å². The van der Waals surface area contributed by atoms with E-state index in [0.29, 0.717) is 11.3 Å². The van der Waals surface area contributed by atoms with Gasteiger partial charge < -0.3 is 4.74 Å². The fourth-order valence-corrected chi connectivity index (χ4v) is 4.57. The molecular formula is C36H48O2. The predicted molar refractivity (Wildman–Crippen MR) is 167 cm³/mol. The van der Waals surface area contributed by atoms with Crippen LogP contribution in [0.25, 0.3) is 10.8 Å². The highest BCUT2D eigenvalue weighted by atomic mass is 16.5. The molecule has 0 spiro atoms. The molecule has 0 aliphatic heterocycles. The number of ether oxygens (including phenoxy) is 1. The summed E-state index contributed by atoms with van der Waals surface area (Å²) in [5, 5.41) is 2.01. The van der Waals surface area contributed by atoms with Crippen molar-refractivity contribution >= 4 is 16.6 Å². The summed E-state index contributed by atoms with van der Waals surface area (Å²) in [5.74, 6) is 1.54. The molecule has 2 heteroatoms. The molecule has 0 saturated heterocycles. The summed E-state index contributed by atoms with van der Waals surface area (Å²) in [7, 11) is 1.58. The molecule has 0 unspecified atom stereocenters. The van der Waals surface area contributed by atoms with E-state index in [1.165, 1.54) is 24.0 Å². The first-order chi connectivity index (χ1) is 18.4. The van der Waals surface area contributed by atoms with E-state index in [4.69, 9.17) is 4.74 Å². The Morgan fingerprint density at radius 2 is 1.32 bits per heavy atom. The molecule has 1 aliphatic rings. The highest BCUT2D eigenvalue weighted by Gasteiger charge is 2.15. The zero-order chi connectivity index (χ0) is 28.5. The first-order valence-electron chi connectivity index (χ1n) is 14.1. The first-order valence-corrected chi connectivity index (χ1v) is 14.1. The summed E-state index contributed by atoms with van der Waals surface area (Å²) in [6, 6.07) is 28.9. The number of hydrogen-bond acceptors (Lipinski definition) is 2. The van der Waals surface area contributed by atoms with E-state index >= 15 is 0 Å². The minimum atomic E-state index is 0.0312. The molecule has 204 valence electrons. The Balaban J connectivity index is 0.000000276. The van der Waals surface area contributed by atoms with Crippen LogP contribution in [0.3, 0.4) is 0 Å². The standard InChI is InChI=1S/C13H12O2.C10H12.C9H12.2C2H6/c1-9(14)13-11-6-4-3-5-10(11)7-8-12(13)15-2;1-8-6-9-4-2-3-5-10(9)7-8;1-3-9-7-5-4-6-8(9)2;2*1-2/h3-8H,1-2H3;2-5,8H,6-7H2,1H3;4-7H,3H2,1-2H3;2*1-2H3. The van der Waals surface area contributed by atoms with Gasteiger partial charge in [-0.05, 0) is 78.1 Å². The molecule has 0 heterocycles. The number of Topliss-reactive ketones (excluding diaryl/α,β-unsaturated/α-hetero) is 1. The number of aryl methyl sites for hydroxylation is 2. The van der Waals surface area contributed by atoms with Gasteiger partial charge in [-0.2, -0.15) is 0 Å². The van der Waals surface area contributed by atoms with Gasteiger partial charge in [-0.25, -0.2) is 0 Å². The van der Waals surface area contributed by atoms with Crippen molar-refractivity contribution in [2.75, 3.05) is 7.11 Å². The molecule has 0 radical (unpaired) electrons. The highest BCUT2D eigenvalue weighted by molar-refractivity contribution is 6.09. The van der Waals surface area contributed by atoms with Gasteiger partial charge in [-0.15, -0.1) is 0 Å². The number of hydrogen-bond donors (Lipinski definition) is 0. The quantitative estimate of drug-likeness (QED) is 0.255. The molecule has 38 heavy (non-hydrogen) atoms. The van der Waals surface area contributed by atoms with Crippen LogP contribution in [-0.4, -0.2) is 12.9 Å². The molecule has 0 saturated carbocycles. The topological polar surface area (TPSA) is 26.3 Å². The van der Waals surface area contributed by atoms with E-state index in [0.717, 1.165) is 23.1 Å². The smallest absolute Gasteiger partial charge is 0.164 e. The second-order valence-electron chi connectivity index (χ2n) is 8.98. The van der Waals surface area contributed by atoms with E-state index in [2.05, 4.69) is 69.3 Å². The van der Waals surface area contributed by atoms with Gasteiger partial charge in [-0.1, -0.05) is 120 Å². The van der Waals surface area contributed by atoms with Crippen LogP contribution in [0.1, 0.15) is 81.1 Å². The Labute approximate surface area is 232 Å². The van der Waals surface area contributed by atoms with Crippen molar-refractivity contribution in [3.05, 3.63) is 113 Å². The Bertz CT molecular complexity index is 1210. The average Bonchev–Trinajstić information content (AvgIpc) is 3.35. The molecule has 4 aromatic carbocycles. The lowest BCUT2D eigenvalue weighted by Crippen LogP contribution is -1.98. The molecule has 1 aliphatic carbocycles. The van der Waals surface area contributed by atoms with E-state index in [9.17, 15) is 4.79 Å². The van der Waals surface area contributed by atoms with Crippen molar-refractivity contribution < 1.29 is 9.53 Å². The molecule has 0 bridgehead atoms. The SMILES string of the molecule is CC.CC.CC1Cc2ccccc2C1.CCc1ccccc1C.COc1ccc2ccccc2c1C(C)=O. The third-order valence-corrected chi connectivity index (χ3v) is 6.36. The van der Waals surface area contributed by atoms with E-state index in [-0.39, 0.29) is 5.78 Å². The maximum absolute atomic E-state index is 11.6. The molecule has 5 rings (SSSR count). The van der Waals surface area contributed by atoms with Gasteiger partial charge in [0.2, 0.25) is 0 Å². The van der Waals surface area contributed by atoms with Crippen molar-refractivity contribution in [1.82, 2.24) is 0 Å². The van der Waals surface area contributed by atoms with Gasteiger partial charge in [-0.3, -0.25) is 4.79 Å². The minimum Gasteiger partial charge on any atom is -0.496 e. The van der Waals surface area contributed by atoms with Gasteiger partial charge in [0.25, 0.3) is 0 Å². The number of methoxy groups -OCH3 is 1. The van der Waals surface area contributed by atoms with Crippen LogP contribution in [0.15, 0.2) is 84.9 Å². The molecular weight excluding hydrogens is 464 g/mol. The van der Waals surface area contributed by atoms with Gasteiger partial charge in [0.05, 0.1) is 12.7 Å². The lowest BCUT2D eigenvalue weighted by Gasteiger charge is -2.08. The fraction of sp³-hybridized carbons (Fsp3) is 0.361. The van der Waals surface area contributed by atoms with E-state index in [1.54, 1.807) is 25.2 Å². The van der Waals surface area contributed by atoms with E-state index in [1.807, 2.05) is 64.1 Å². The van der Waals surface area contributed by atoms with Crippen molar-refractivity contribution in [2.24, 2.45) is 5.92 Å². The summed E-state index contributed by atoms with van der Waals surface area (Å²) in [4.78, 5) is 11.6. The van der Waals surface area contributed by atoms with Crippen molar-refractivity contribution in [1.29, 1.82) is 0 Å². The van der Waals surface area contributed by atoms with Crippen molar-refractivity contribution in [3.8, 4) is 5.75 Å². The van der Waals surface area contributed by atoms with Gasteiger partial charge in [0.15, 0.2) is 5.78 Å². The summed E-state index contributed by atoms with van der Waals surface area (Å²) < 4.78 is 5.19. The summed E-state index contributed by atoms with van der Waals surface area (Å²) in [6.07, 6.45) is 3.72. The molecule has 0 amide bonds. The maximum atomic E-state index is 11.6. The molecule has 4 aromatic rings. The van der Waals surface area contributed by atoms with Crippen molar-refractivity contribution in [3.63, 3.8) is 0 Å². The number of fused-ring (bicyclic) bond motifs is 2. The van der Waals surface area contributed by atoms with E-state index < -0.39 is 0 Å². The van der Waals surface area contributed by atoms with Gasteiger partial charge >= 0.3 is 0 Å². The normalized spacial score (nSPS) is 11.2. The fourth-order valence-electron chi connectivity index (χ4n) is 4.57. The molecule has 0 fully saturated rings. The second-order valence-corrected chi connectivity index (χ2v) is 8.98. The van der Waals surface area contributed by atoms with Gasteiger partial charge in [0, 0.05) is 0 Å². The average molecular weight is 513 g/mol. The van der Waals surface area contributed by atoms with Crippen LogP contribution >= 0.6 is 0 Å². The van der Waals surface area contributed by atoms with Crippen LogP contribution in [0.5, 0.6) is 5.75 Å². The molecule has 0 atom stereocenters. The number of carbonyl (C=O) groups is 1. The van der Waals surface area contributed by atoms with Crippen LogP contribution in [0.2, 0.25) is 0 Å². The highest BCUT2D eigenvalue weighted by Crippen LogP contribution is 2.28. The summed E-state index contributed by atoms with van der Waals surface area (Å²) in [6.45, 7) is 16.2. The van der Waals surface area contributed by atoms with Crippen LogP contribution in [0.4, 0.5) is 0 Å². The Kier molecular flexibility index (Phi) is 15.4. The molecule has 0 aromatic heterocycles. The van der Waals surface area contributed by atoms with Gasteiger partial charge in [0.1, 0.15) is 5.75 Å². The van der Waals surface area contributed by atoms with Crippen LogP contribution in [-0.2, 0) is 19.3 Å². The third-order valence-electron chi connectivity index (χ3n) is 6.36. The number of rotatable bonds is 3. The second kappa shape index (κ2) is 18.0. The largest absolute Gasteiger partial charge is 0.496 e. The minimum absolute atomic E-state index is 0.0312. The Morgan fingerprint density at radius 3 is 1.82 bits per heavy atom. The van der Waals surface area contributed by atoms with Crippen molar-refractivity contribution in [2.45, 2.75) is 74.7 Å². The zero-order valence-corrected chi connectivity index (χ0v) is 25.1. The Morgan fingerprint density at radius 1 is 0.789 bits per heavy atom.